The molecule has 0 aliphatic heterocycles. The molecule has 2 rings (SSSR count). The lowest BCUT2D eigenvalue weighted by Gasteiger charge is -2.12. The molecule has 0 bridgehead atoms. The van der Waals surface area contributed by atoms with Gasteiger partial charge < -0.3 is 4.57 Å². The zero-order valence-electron chi connectivity index (χ0n) is 14.0. The second kappa shape index (κ2) is 6.89. The molecule has 0 amide bonds. The van der Waals surface area contributed by atoms with E-state index in [0.717, 1.165) is 5.56 Å². The standard InChI is InChI=1S/C18H21NO2S2/c1-18(2,3)15(20)11-16-19(4)17(21)14(23-16)10-12-6-8-13(22-5)9-7-12/h6-11H,1-5H3. The summed E-state index contributed by atoms with van der Waals surface area (Å²) >= 11 is 3.03. The molecule has 0 saturated carbocycles. The number of aromatic nitrogens is 1. The lowest BCUT2D eigenvalue weighted by atomic mass is 9.91. The van der Waals surface area contributed by atoms with Crippen molar-refractivity contribution in [2.45, 2.75) is 25.7 Å². The average molecular weight is 348 g/mol. The Balaban J connectivity index is 2.51. The zero-order chi connectivity index (χ0) is 17.2. The molecule has 3 nitrogen and oxygen atoms in total. The molecule has 23 heavy (non-hydrogen) atoms. The van der Waals surface area contributed by atoms with Crippen LogP contribution in [0.5, 0.6) is 0 Å². The van der Waals surface area contributed by atoms with Gasteiger partial charge in [-0.1, -0.05) is 32.9 Å². The fraction of sp³-hybridized carbons (Fsp3) is 0.333. The molecule has 0 unspecified atom stereocenters. The summed E-state index contributed by atoms with van der Waals surface area (Å²) in [6.45, 7) is 5.62. The number of benzene rings is 1. The van der Waals surface area contributed by atoms with Crippen molar-refractivity contribution in [1.29, 1.82) is 0 Å². The third-order valence-electron chi connectivity index (χ3n) is 3.47. The predicted molar refractivity (Wildman–Crippen MR) is 99.5 cm³/mol. The van der Waals surface area contributed by atoms with Crippen LogP contribution in [0.4, 0.5) is 0 Å². The average Bonchev–Trinajstić information content (AvgIpc) is 2.75. The van der Waals surface area contributed by atoms with Gasteiger partial charge in [0.2, 0.25) is 0 Å². The van der Waals surface area contributed by atoms with Crippen LogP contribution in [-0.4, -0.2) is 16.6 Å². The number of carbonyl (C=O) groups excluding carboxylic acids is 1. The minimum absolute atomic E-state index is 0.0187. The van der Waals surface area contributed by atoms with Crippen molar-refractivity contribution in [3.05, 3.63) is 49.4 Å². The number of rotatable bonds is 3. The lowest BCUT2D eigenvalue weighted by Crippen LogP contribution is -2.30. The summed E-state index contributed by atoms with van der Waals surface area (Å²) in [5, 5.41) is 0. The molecule has 0 N–H and O–H groups in total. The fourth-order valence-corrected chi connectivity index (χ4v) is 3.33. The Labute approximate surface area is 144 Å². The van der Waals surface area contributed by atoms with Crippen molar-refractivity contribution in [3.63, 3.8) is 0 Å². The van der Waals surface area contributed by atoms with Crippen molar-refractivity contribution in [1.82, 2.24) is 4.57 Å². The summed E-state index contributed by atoms with van der Waals surface area (Å²) in [5.74, 6) is 0.0187. The van der Waals surface area contributed by atoms with E-state index in [1.807, 2.05) is 57.4 Å². The Hall–Kier alpha value is -1.59. The molecule has 122 valence electrons. The van der Waals surface area contributed by atoms with Crippen LogP contribution in [0.2, 0.25) is 0 Å². The second-order valence-electron chi connectivity index (χ2n) is 6.34. The Kier molecular flexibility index (Phi) is 5.32. The monoisotopic (exact) mass is 347 g/mol. The van der Waals surface area contributed by atoms with Crippen molar-refractivity contribution < 1.29 is 4.79 Å². The minimum atomic E-state index is -0.447. The summed E-state index contributed by atoms with van der Waals surface area (Å²) in [4.78, 5) is 25.7. The maximum atomic E-state index is 12.4. The Morgan fingerprint density at radius 1 is 1.22 bits per heavy atom. The Morgan fingerprint density at radius 3 is 2.35 bits per heavy atom. The van der Waals surface area contributed by atoms with Crippen LogP contribution < -0.4 is 14.8 Å². The molecule has 0 spiro atoms. The molecule has 0 saturated heterocycles. The second-order valence-corrected chi connectivity index (χ2v) is 8.29. The van der Waals surface area contributed by atoms with Gasteiger partial charge >= 0.3 is 0 Å². The summed E-state index contributed by atoms with van der Waals surface area (Å²) < 4.78 is 2.86. The van der Waals surface area contributed by atoms with Gasteiger partial charge in [0.15, 0.2) is 5.78 Å². The molecule has 0 aliphatic carbocycles. The van der Waals surface area contributed by atoms with Gasteiger partial charge in [-0.2, -0.15) is 0 Å². The number of nitrogens with zero attached hydrogens (tertiary/aromatic N) is 1. The molecule has 1 aromatic carbocycles. The highest BCUT2D eigenvalue weighted by Gasteiger charge is 2.19. The van der Waals surface area contributed by atoms with Crippen LogP contribution in [0.3, 0.4) is 0 Å². The molecule has 1 aromatic heterocycles. The molecule has 5 heteroatoms. The zero-order valence-corrected chi connectivity index (χ0v) is 15.7. The van der Waals surface area contributed by atoms with Gasteiger partial charge in [0.25, 0.3) is 5.56 Å². The van der Waals surface area contributed by atoms with E-state index in [0.29, 0.717) is 9.20 Å². The lowest BCUT2D eigenvalue weighted by molar-refractivity contribution is -0.120. The third-order valence-corrected chi connectivity index (χ3v) is 5.32. The fourth-order valence-electron chi connectivity index (χ4n) is 1.89. The summed E-state index contributed by atoms with van der Waals surface area (Å²) in [7, 11) is 1.70. The minimum Gasteiger partial charge on any atom is -0.302 e. The summed E-state index contributed by atoms with van der Waals surface area (Å²) in [5.41, 5.74) is 0.463. The van der Waals surface area contributed by atoms with E-state index < -0.39 is 5.41 Å². The van der Waals surface area contributed by atoms with E-state index in [1.165, 1.54) is 20.8 Å². The first kappa shape index (κ1) is 17.8. The maximum absolute atomic E-state index is 12.4. The number of hydrogen-bond donors (Lipinski definition) is 0. The molecular weight excluding hydrogens is 326 g/mol. The summed E-state index contributed by atoms with van der Waals surface area (Å²) in [6.07, 6.45) is 5.47. The first-order chi connectivity index (χ1) is 10.7. The van der Waals surface area contributed by atoms with E-state index in [1.54, 1.807) is 24.9 Å². The third kappa shape index (κ3) is 4.24. The van der Waals surface area contributed by atoms with E-state index in [-0.39, 0.29) is 11.3 Å². The largest absolute Gasteiger partial charge is 0.302 e. The van der Waals surface area contributed by atoms with Crippen molar-refractivity contribution in [3.8, 4) is 0 Å². The molecule has 0 aliphatic rings. The van der Waals surface area contributed by atoms with Crippen LogP contribution in [0, 0.1) is 5.41 Å². The molecule has 0 fully saturated rings. The number of ketones is 1. The van der Waals surface area contributed by atoms with Gasteiger partial charge in [0, 0.05) is 23.4 Å². The normalized spacial score (nSPS) is 13.6. The number of Topliss-reactive ketones (excluding diaryl/α,β-unsaturated/α-hetero) is 1. The van der Waals surface area contributed by atoms with E-state index in [4.69, 9.17) is 0 Å². The topological polar surface area (TPSA) is 39.1 Å². The molecule has 0 radical (unpaired) electrons. The van der Waals surface area contributed by atoms with Gasteiger partial charge in [-0.3, -0.25) is 9.59 Å². The maximum Gasteiger partial charge on any atom is 0.268 e. The number of thiazole rings is 1. The Morgan fingerprint density at radius 2 is 1.83 bits per heavy atom. The van der Waals surface area contributed by atoms with Crippen molar-refractivity contribution >= 4 is 41.0 Å². The van der Waals surface area contributed by atoms with E-state index in [9.17, 15) is 9.59 Å². The quantitative estimate of drug-likeness (QED) is 0.801. The van der Waals surface area contributed by atoms with Gasteiger partial charge in [0.1, 0.15) is 4.66 Å². The highest BCUT2D eigenvalue weighted by molar-refractivity contribution is 7.98. The van der Waals surface area contributed by atoms with Crippen LogP contribution >= 0.6 is 23.1 Å². The van der Waals surface area contributed by atoms with Crippen LogP contribution in [-0.2, 0) is 11.8 Å². The molecule has 1 heterocycles. The SMILES string of the molecule is CSc1ccc(C=c2sc(=CC(=O)C(C)(C)C)n(C)c2=O)cc1. The molecule has 0 atom stereocenters. The highest BCUT2D eigenvalue weighted by Crippen LogP contribution is 2.15. The summed E-state index contributed by atoms with van der Waals surface area (Å²) in [6, 6.07) is 8.05. The van der Waals surface area contributed by atoms with Crippen LogP contribution in [0.15, 0.2) is 34.0 Å². The first-order valence-corrected chi connectivity index (χ1v) is 9.34. The molecular formula is C18H21NO2S2. The van der Waals surface area contributed by atoms with Gasteiger partial charge in [-0.05, 0) is 30.0 Å². The van der Waals surface area contributed by atoms with Gasteiger partial charge in [-0.15, -0.1) is 23.1 Å². The number of hydrogen-bond acceptors (Lipinski definition) is 4. The van der Waals surface area contributed by atoms with E-state index in [2.05, 4.69) is 0 Å². The smallest absolute Gasteiger partial charge is 0.268 e. The number of thioether (sulfide) groups is 1. The van der Waals surface area contributed by atoms with Crippen molar-refractivity contribution in [2.75, 3.05) is 6.26 Å². The van der Waals surface area contributed by atoms with Crippen LogP contribution in [0.25, 0.3) is 12.2 Å². The highest BCUT2D eigenvalue weighted by atomic mass is 32.2. The Bertz CT molecular complexity index is 881. The van der Waals surface area contributed by atoms with Gasteiger partial charge in [-0.25, -0.2) is 0 Å². The van der Waals surface area contributed by atoms with Crippen LogP contribution in [0.1, 0.15) is 26.3 Å². The van der Waals surface area contributed by atoms with Gasteiger partial charge in [0.05, 0.1) is 4.53 Å². The first-order valence-electron chi connectivity index (χ1n) is 7.30. The predicted octanol–water partition coefficient (Wildman–Crippen LogP) is 2.39. The molecule has 2 aromatic rings. The van der Waals surface area contributed by atoms with Crippen molar-refractivity contribution in [2.24, 2.45) is 12.5 Å². The van der Waals surface area contributed by atoms with E-state index >= 15 is 0 Å². The number of carbonyl (C=O) groups is 1.